The van der Waals surface area contributed by atoms with Crippen molar-refractivity contribution in [2.24, 2.45) is 5.92 Å². The zero-order chi connectivity index (χ0) is 17.8. The van der Waals surface area contributed by atoms with Crippen LogP contribution in [0.3, 0.4) is 0 Å². The van der Waals surface area contributed by atoms with Gasteiger partial charge in [-0.1, -0.05) is 6.07 Å². The standard InChI is InChI=1S/C18H28N4O3/c1-20-8-10-21(11-9-20)18(15-4-3-7-19-13-15)14-5-6-16(22(23)24)17(12-14)25-2/h5-6,12,15,18-19H,3-4,7-11,13H2,1-2H3/t15-,18?/m0/s1. The highest BCUT2D eigenvalue weighted by atomic mass is 16.6. The molecule has 138 valence electrons. The van der Waals surface area contributed by atoms with Crippen LogP contribution in [0.2, 0.25) is 0 Å². The minimum atomic E-state index is -0.379. The van der Waals surface area contributed by atoms with E-state index in [1.807, 2.05) is 12.1 Å². The fraction of sp³-hybridized carbons (Fsp3) is 0.667. The second-order valence-corrected chi connectivity index (χ2v) is 7.08. The highest BCUT2D eigenvalue weighted by molar-refractivity contribution is 5.49. The van der Waals surface area contributed by atoms with Crippen molar-refractivity contribution >= 4 is 5.69 Å². The topological polar surface area (TPSA) is 70.9 Å². The van der Waals surface area contributed by atoms with Gasteiger partial charge in [-0.2, -0.15) is 0 Å². The summed E-state index contributed by atoms with van der Waals surface area (Å²) >= 11 is 0. The Balaban J connectivity index is 1.91. The number of nitro benzene ring substituents is 1. The number of hydrogen-bond donors (Lipinski definition) is 1. The molecule has 2 atom stereocenters. The molecule has 2 saturated heterocycles. The van der Waals surface area contributed by atoms with Crippen molar-refractivity contribution in [3.05, 3.63) is 33.9 Å². The molecule has 1 aromatic carbocycles. The molecule has 0 spiro atoms. The largest absolute Gasteiger partial charge is 0.490 e. The summed E-state index contributed by atoms with van der Waals surface area (Å²) in [6, 6.07) is 5.65. The number of methoxy groups -OCH3 is 1. The van der Waals surface area contributed by atoms with Gasteiger partial charge in [-0.25, -0.2) is 0 Å². The lowest BCUT2D eigenvalue weighted by atomic mass is 9.85. The molecule has 0 aliphatic carbocycles. The van der Waals surface area contributed by atoms with Crippen molar-refractivity contribution in [3.8, 4) is 5.75 Å². The van der Waals surface area contributed by atoms with Crippen molar-refractivity contribution in [3.63, 3.8) is 0 Å². The zero-order valence-corrected chi connectivity index (χ0v) is 15.1. The zero-order valence-electron chi connectivity index (χ0n) is 15.1. The summed E-state index contributed by atoms with van der Waals surface area (Å²) in [7, 11) is 3.66. The van der Waals surface area contributed by atoms with Gasteiger partial charge in [0.2, 0.25) is 0 Å². The number of likely N-dealkylation sites (N-methyl/N-ethyl adjacent to an activating group) is 1. The number of benzene rings is 1. The number of rotatable bonds is 5. The Morgan fingerprint density at radius 3 is 2.68 bits per heavy atom. The molecule has 2 heterocycles. The summed E-state index contributed by atoms with van der Waals surface area (Å²) in [5, 5.41) is 14.7. The predicted molar refractivity (Wildman–Crippen MR) is 97.1 cm³/mol. The van der Waals surface area contributed by atoms with Gasteiger partial charge in [0.1, 0.15) is 0 Å². The van der Waals surface area contributed by atoms with Crippen LogP contribution in [0.5, 0.6) is 5.75 Å². The molecular formula is C18H28N4O3. The maximum absolute atomic E-state index is 11.2. The van der Waals surface area contributed by atoms with E-state index >= 15 is 0 Å². The summed E-state index contributed by atoms with van der Waals surface area (Å²) < 4.78 is 5.31. The Hall–Kier alpha value is -1.70. The summed E-state index contributed by atoms with van der Waals surface area (Å²) in [4.78, 5) is 15.7. The molecule has 1 N–H and O–H groups in total. The summed E-state index contributed by atoms with van der Waals surface area (Å²) in [6.45, 7) is 6.24. The number of piperidine rings is 1. The molecule has 25 heavy (non-hydrogen) atoms. The first kappa shape index (κ1) is 18.1. The first-order valence-corrected chi connectivity index (χ1v) is 9.06. The van der Waals surface area contributed by atoms with Crippen molar-refractivity contribution in [2.75, 3.05) is 53.4 Å². The quantitative estimate of drug-likeness (QED) is 0.647. The van der Waals surface area contributed by atoms with E-state index in [1.165, 1.54) is 20.0 Å². The molecule has 2 fully saturated rings. The maximum Gasteiger partial charge on any atom is 0.310 e. The van der Waals surface area contributed by atoms with E-state index in [0.29, 0.717) is 11.7 Å². The van der Waals surface area contributed by atoms with Gasteiger partial charge in [0, 0.05) is 38.3 Å². The lowest BCUT2D eigenvalue weighted by molar-refractivity contribution is -0.385. The fourth-order valence-electron chi connectivity index (χ4n) is 4.06. The van der Waals surface area contributed by atoms with E-state index in [-0.39, 0.29) is 16.7 Å². The van der Waals surface area contributed by atoms with Crippen LogP contribution >= 0.6 is 0 Å². The third kappa shape index (κ3) is 4.11. The van der Waals surface area contributed by atoms with Gasteiger partial charge in [-0.15, -0.1) is 0 Å². The van der Waals surface area contributed by atoms with E-state index in [9.17, 15) is 10.1 Å². The summed E-state index contributed by atoms with van der Waals surface area (Å²) in [6.07, 6.45) is 2.36. The third-order valence-corrected chi connectivity index (χ3v) is 5.45. The van der Waals surface area contributed by atoms with Crippen LogP contribution in [0.1, 0.15) is 24.4 Å². The van der Waals surface area contributed by atoms with Crippen LogP contribution in [-0.2, 0) is 0 Å². The molecular weight excluding hydrogens is 320 g/mol. The van der Waals surface area contributed by atoms with E-state index in [2.05, 4.69) is 22.2 Å². The monoisotopic (exact) mass is 348 g/mol. The molecule has 2 aliphatic rings. The lowest BCUT2D eigenvalue weighted by Gasteiger charge is -2.43. The minimum absolute atomic E-state index is 0.0325. The van der Waals surface area contributed by atoms with E-state index < -0.39 is 0 Å². The number of piperazine rings is 1. The van der Waals surface area contributed by atoms with Crippen molar-refractivity contribution < 1.29 is 9.66 Å². The van der Waals surface area contributed by atoms with Gasteiger partial charge in [0.05, 0.1) is 12.0 Å². The highest BCUT2D eigenvalue weighted by Gasteiger charge is 2.32. The minimum Gasteiger partial charge on any atom is -0.490 e. The van der Waals surface area contributed by atoms with Crippen LogP contribution in [-0.4, -0.2) is 68.1 Å². The molecule has 0 radical (unpaired) electrons. The summed E-state index contributed by atoms with van der Waals surface area (Å²) in [5.41, 5.74) is 1.16. The number of hydrogen-bond acceptors (Lipinski definition) is 6. The fourth-order valence-corrected chi connectivity index (χ4v) is 4.06. The average molecular weight is 348 g/mol. The van der Waals surface area contributed by atoms with E-state index in [4.69, 9.17) is 4.74 Å². The smallest absolute Gasteiger partial charge is 0.310 e. The van der Waals surface area contributed by atoms with Gasteiger partial charge >= 0.3 is 5.69 Å². The third-order valence-electron chi connectivity index (χ3n) is 5.45. The lowest BCUT2D eigenvalue weighted by Crippen LogP contribution is -2.49. The predicted octanol–water partition coefficient (Wildman–Crippen LogP) is 1.89. The van der Waals surface area contributed by atoms with Crippen molar-refractivity contribution in [1.29, 1.82) is 0 Å². The Bertz CT molecular complexity index is 596. The molecule has 7 nitrogen and oxygen atoms in total. The van der Waals surface area contributed by atoms with Gasteiger partial charge in [-0.05, 0) is 50.5 Å². The highest BCUT2D eigenvalue weighted by Crippen LogP contribution is 2.37. The first-order valence-electron chi connectivity index (χ1n) is 9.06. The maximum atomic E-state index is 11.2. The molecule has 0 saturated carbocycles. The summed E-state index contributed by atoms with van der Waals surface area (Å²) in [5.74, 6) is 0.869. The molecule has 1 unspecified atom stereocenters. The van der Waals surface area contributed by atoms with Crippen molar-refractivity contribution in [1.82, 2.24) is 15.1 Å². The van der Waals surface area contributed by atoms with Gasteiger partial charge in [0.15, 0.2) is 5.75 Å². The molecule has 0 amide bonds. The average Bonchev–Trinajstić information content (AvgIpc) is 2.64. The Labute approximate surface area is 149 Å². The number of nitrogens with zero attached hydrogens (tertiary/aromatic N) is 3. The second-order valence-electron chi connectivity index (χ2n) is 7.08. The van der Waals surface area contributed by atoms with Crippen LogP contribution in [0.15, 0.2) is 18.2 Å². The van der Waals surface area contributed by atoms with Crippen molar-refractivity contribution in [2.45, 2.75) is 18.9 Å². The number of nitro groups is 1. The Morgan fingerprint density at radius 2 is 2.08 bits per heavy atom. The van der Waals surface area contributed by atoms with E-state index in [0.717, 1.165) is 44.8 Å². The van der Waals surface area contributed by atoms with Gasteiger partial charge < -0.3 is 15.0 Å². The van der Waals surface area contributed by atoms with Gasteiger partial charge in [-0.3, -0.25) is 15.0 Å². The van der Waals surface area contributed by atoms with Gasteiger partial charge in [0.25, 0.3) is 0 Å². The molecule has 0 bridgehead atoms. The number of nitrogens with one attached hydrogen (secondary N) is 1. The first-order chi connectivity index (χ1) is 12.1. The van der Waals surface area contributed by atoms with E-state index in [1.54, 1.807) is 6.07 Å². The second kappa shape index (κ2) is 8.12. The van der Waals surface area contributed by atoms with Crippen LogP contribution in [0.25, 0.3) is 0 Å². The van der Waals surface area contributed by atoms with Crippen LogP contribution in [0.4, 0.5) is 5.69 Å². The molecule has 0 aromatic heterocycles. The Morgan fingerprint density at radius 1 is 1.32 bits per heavy atom. The SMILES string of the molecule is COc1cc(C([C@H]2CCCNC2)N2CCN(C)CC2)ccc1[N+](=O)[O-]. The molecule has 2 aliphatic heterocycles. The molecule has 7 heteroatoms. The molecule has 3 rings (SSSR count). The Kier molecular flexibility index (Phi) is 5.88. The van der Waals surface area contributed by atoms with Crippen LogP contribution in [0, 0.1) is 16.0 Å². The number of ether oxygens (including phenoxy) is 1. The molecule has 1 aromatic rings. The van der Waals surface area contributed by atoms with Crippen LogP contribution < -0.4 is 10.1 Å². The normalized spacial score (nSPS) is 24.0.